The molecule has 1 N–H and O–H groups in total. The summed E-state index contributed by atoms with van der Waals surface area (Å²) >= 11 is 0. The Morgan fingerprint density at radius 2 is 1.86 bits per heavy atom. The van der Waals surface area contributed by atoms with E-state index in [0.717, 1.165) is 46.4 Å². The third kappa shape index (κ3) is 2.64. The van der Waals surface area contributed by atoms with Crippen molar-refractivity contribution in [3.8, 4) is 5.82 Å². The summed E-state index contributed by atoms with van der Waals surface area (Å²) in [5, 5.41) is 7.54. The molecule has 3 aromatic heterocycles. The largest absolute Gasteiger partial charge is 0.357 e. The predicted octanol–water partition coefficient (Wildman–Crippen LogP) is 2.87. The van der Waals surface area contributed by atoms with Gasteiger partial charge in [-0.2, -0.15) is 9.67 Å². The number of aromatic nitrogens is 7. The molecule has 8 heteroatoms. The van der Waals surface area contributed by atoms with Gasteiger partial charge in [0.25, 0.3) is 0 Å². The molecule has 8 nitrogen and oxygen atoms in total. The van der Waals surface area contributed by atoms with Gasteiger partial charge in [0, 0.05) is 32.0 Å². The van der Waals surface area contributed by atoms with Crippen LogP contribution in [0.3, 0.4) is 0 Å². The average Bonchev–Trinajstić information content (AvgIpc) is 3.33. The first kappa shape index (κ1) is 16.9. The van der Waals surface area contributed by atoms with E-state index in [1.165, 1.54) is 0 Å². The molecule has 0 radical (unpaired) electrons. The first-order valence-electron chi connectivity index (χ1n) is 9.44. The lowest BCUT2D eigenvalue weighted by atomic mass is 10.2. The first-order valence-corrected chi connectivity index (χ1v) is 9.44. The van der Waals surface area contributed by atoms with E-state index in [1.54, 1.807) is 4.68 Å². The van der Waals surface area contributed by atoms with E-state index in [9.17, 15) is 0 Å². The van der Waals surface area contributed by atoms with Crippen molar-refractivity contribution in [2.24, 2.45) is 7.05 Å². The molecule has 28 heavy (non-hydrogen) atoms. The number of aryl methyl sites for hydroxylation is 3. The Hall–Kier alpha value is -3.29. The zero-order valence-electron chi connectivity index (χ0n) is 16.4. The zero-order chi connectivity index (χ0) is 19.4. The normalized spacial score (nSPS) is 18.6. The van der Waals surface area contributed by atoms with Gasteiger partial charge in [0.1, 0.15) is 17.5 Å². The van der Waals surface area contributed by atoms with Gasteiger partial charge in [-0.15, -0.1) is 5.10 Å². The van der Waals surface area contributed by atoms with E-state index in [1.807, 2.05) is 33.0 Å². The summed E-state index contributed by atoms with van der Waals surface area (Å²) in [4.78, 5) is 18.5. The second kappa shape index (κ2) is 6.12. The van der Waals surface area contributed by atoms with Gasteiger partial charge in [-0.1, -0.05) is 12.1 Å². The summed E-state index contributed by atoms with van der Waals surface area (Å²) < 4.78 is 3.97. The number of rotatable bonds is 4. The number of para-hydroxylation sites is 2. The van der Waals surface area contributed by atoms with E-state index < -0.39 is 0 Å². The molecule has 0 saturated heterocycles. The summed E-state index contributed by atoms with van der Waals surface area (Å²) in [5.74, 6) is 4.68. The maximum atomic E-state index is 4.87. The van der Waals surface area contributed by atoms with Crippen molar-refractivity contribution in [1.82, 2.24) is 34.3 Å². The fourth-order valence-corrected chi connectivity index (χ4v) is 3.90. The molecule has 1 aliphatic rings. The van der Waals surface area contributed by atoms with Crippen LogP contribution in [0.2, 0.25) is 0 Å². The Labute approximate surface area is 162 Å². The van der Waals surface area contributed by atoms with Crippen LogP contribution in [-0.2, 0) is 7.05 Å². The minimum Gasteiger partial charge on any atom is -0.357 e. The second-order valence-electron chi connectivity index (χ2n) is 7.31. The quantitative estimate of drug-likeness (QED) is 0.591. The molecular weight excluding hydrogens is 352 g/mol. The van der Waals surface area contributed by atoms with E-state index in [0.29, 0.717) is 17.8 Å². The Kier molecular flexibility index (Phi) is 3.68. The van der Waals surface area contributed by atoms with Crippen LogP contribution in [-0.4, -0.2) is 41.3 Å². The summed E-state index contributed by atoms with van der Waals surface area (Å²) in [6, 6.07) is 10.3. The minimum absolute atomic E-state index is 0.328. The molecule has 0 aliphatic heterocycles. The van der Waals surface area contributed by atoms with E-state index in [4.69, 9.17) is 9.97 Å². The topological polar surface area (TPSA) is 86.3 Å². The Bertz CT molecular complexity index is 1190. The average molecular weight is 374 g/mol. The van der Waals surface area contributed by atoms with Crippen LogP contribution >= 0.6 is 0 Å². The number of hydrogen-bond acceptors (Lipinski definition) is 6. The maximum Gasteiger partial charge on any atom is 0.224 e. The van der Waals surface area contributed by atoms with Crippen LogP contribution in [0.15, 0.2) is 30.3 Å². The molecule has 0 amide bonds. The highest BCUT2D eigenvalue weighted by molar-refractivity contribution is 5.76. The van der Waals surface area contributed by atoms with Gasteiger partial charge in [0.2, 0.25) is 5.95 Å². The fourth-order valence-electron chi connectivity index (χ4n) is 3.90. The molecule has 4 aromatic rings. The highest BCUT2D eigenvalue weighted by atomic mass is 15.4. The van der Waals surface area contributed by atoms with Crippen molar-refractivity contribution < 1.29 is 0 Å². The molecule has 1 aromatic carbocycles. The van der Waals surface area contributed by atoms with Gasteiger partial charge in [-0.25, -0.2) is 15.0 Å². The van der Waals surface area contributed by atoms with Crippen molar-refractivity contribution in [1.29, 1.82) is 0 Å². The lowest BCUT2D eigenvalue weighted by Gasteiger charge is -2.08. The molecule has 1 fully saturated rings. The number of imidazole rings is 1. The van der Waals surface area contributed by atoms with Crippen molar-refractivity contribution in [2.45, 2.75) is 32.1 Å². The second-order valence-corrected chi connectivity index (χ2v) is 7.31. The lowest BCUT2D eigenvalue weighted by Crippen LogP contribution is -2.08. The highest BCUT2D eigenvalue weighted by Gasteiger charge is 2.44. The van der Waals surface area contributed by atoms with Gasteiger partial charge >= 0.3 is 0 Å². The van der Waals surface area contributed by atoms with Gasteiger partial charge < -0.3 is 9.88 Å². The van der Waals surface area contributed by atoms with Crippen LogP contribution in [0, 0.1) is 13.8 Å². The lowest BCUT2D eigenvalue weighted by molar-refractivity contribution is 0.779. The van der Waals surface area contributed by atoms with Crippen LogP contribution in [0.1, 0.15) is 41.4 Å². The van der Waals surface area contributed by atoms with Crippen molar-refractivity contribution in [3.63, 3.8) is 0 Å². The summed E-state index contributed by atoms with van der Waals surface area (Å²) in [7, 11) is 3.92. The van der Waals surface area contributed by atoms with Crippen LogP contribution in [0.5, 0.6) is 0 Å². The van der Waals surface area contributed by atoms with E-state index in [-0.39, 0.29) is 0 Å². The molecule has 1 saturated carbocycles. The van der Waals surface area contributed by atoms with Crippen molar-refractivity contribution in [3.05, 3.63) is 53.5 Å². The molecule has 1 unspecified atom stereocenters. The number of nitrogens with zero attached hydrogens (tertiary/aromatic N) is 7. The zero-order valence-corrected chi connectivity index (χ0v) is 16.4. The standard InChI is InChI=1S/C20H22N8/c1-11-22-12(2)28(26-11)18-10-16(24-20(21-3)25-18)13-9-14(13)19-23-15-7-5-6-8-17(15)27(19)4/h5-8,10,13-14H,9H2,1-4H3,(H,21,24,25)/t13?,14-/m0/s1. The summed E-state index contributed by atoms with van der Waals surface area (Å²) in [6.07, 6.45) is 1.03. The number of hydrogen-bond donors (Lipinski definition) is 1. The number of nitrogens with one attached hydrogen (secondary N) is 1. The fraction of sp³-hybridized carbons (Fsp3) is 0.350. The highest BCUT2D eigenvalue weighted by Crippen LogP contribution is 2.54. The van der Waals surface area contributed by atoms with E-state index >= 15 is 0 Å². The molecule has 1 aliphatic carbocycles. The van der Waals surface area contributed by atoms with Crippen molar-refractivity contribution in [2.75, 3.05) is 12.4 Å². The van der Waals surface area contributed by atoms with Gasteiger partial charge in [0.05, 0.1) is 16.7 Å². The SMILES string of the molecule is CNc1nc(C2C[C@@H]2c2nc3ccccc3n2C)cc(-n2nc(C)nc2C)n1. The number of anilines is 1. The summed E-state index contributed by atoms with van der Waals surface area (Å²) in [5.41, 5.74) is 3.22. The van der Waals surface area contributed by atoms with Crippen LogP contribution in [0.25, 0.3) is 16.9 Å². The third-order valence-electron chi connectivity index (χ3n) is 5.37. The molecule has 0 bridgehead atoms. The van der Waals surface area contributed by atoms with Gasteiger partial charge in [-0.05, 0) is 32.4 Å². The number of fused-ring (bicyclic) bond motifs is 1. The Morgan fingerprint density at radius 1 is 1.04 bits per heavy atom. The molecule has 2 atom stereocenters. The van der Waals surface area contributed by atoms with Crippen LogP contribution in [0.4, 0.5) is 5.95 Å². The Morgan fingerprint density at radius 3 is 2.57 bits per heavy atom. The monoisotopic (exact) mass is 374 g/mol. The minimum atomic E-state index is 0.328. The van der Waals surface area contributed by atoms with Gasteiger partial charge in [0.15, 0.2) is 5.82 Å². The first-order chi connectivity index (χ1) is 13.5. The molecule has 142 valence electrons. The molecule has 5 rings (SSSR count). The Balaban J connectivity index is 1.52. The maximum absolute atomic E-state index is 4.87. The van der Waals surface area contributed by atoms with Crippen molar-refractivity contribution >= 4 is 17.0 Å². The summed E-state index contributed by atoms with van der Waals surface area (Å²) in [6.45, 7) is 3.81. The van der Waals surface area contributed by atoms with Crippen LogP contribution < -0.4 is 5.32 Å². The predicted molar refractivity (Wildman–Crippen MR) is 107 cm³/mol. The van der Waals surface area contributed by atoms with E-state index in [2.05, 4.69) is 50.2 Å². The number of benzene rings is 1. The molecular formula is C20H22N8. The van der Waals surface area contributed by atoms with Gasteiger partial charge in [-0.3, -0.25) is 0 Å². The third-order valence-corrected chi connectivity index (χ3v) is 5.37. The smallest absolute Gasteiger partial charge is 0.224 e. The molecule has 0 spiro atoms. The molecule has 3 heterocycles.